The molecular formula is C15H17ClN2OS. The number of anilines is 1. The maximum atomic E-state index is 12.3. The van der Waals surface area contributed by atoms with E-state index < -0.39 is 0 Å². The van der Waals surface area contributed by atoms with E-state index >= 15 is 0 Å². The van der Waals surface area contributed by atoms with Crippen molar-refractivity contribution in [1.82, 2.24) is 5.32 Å². The Morgan fingerprint density at radius 1 is 1.35 bits per heavy atom. The van der Waals surface area contributed by atoms with Crippen molar-refractivity contribution in [3.8, 4) is 0 Å². The average molecular weight is 309 g/mol. The van der Waals surface area contributed by atoms with Gasteiger partial charge in [0.1, 0.15) is 4.88 Å². The van der Waals surface area contributed by atoms with E-state index in [-0.39, 0.29) is 5.91 Å². The van der Waals surface area contributed by atoms with Crippen molar-refractivity contribution in [2.24, 2.45) is 0 Å². The molecule has 3 nitrogen and oxygen atoms in total. The lowest BCUT2D eigenvalue weighted by atomic mass is 10.1. The summed E-state index contributed by atoms with van der Waals surface area (Å²) >= 11 is 7.50. The molecule has 1 aromatic heterocycles. The molecule has 0 aliphatic carbocycles. The molecule has 20 heavy (non-hydrogen) atoms. The summed E-state index contributed by atoms with van der Waals surface area (Å²) in [5.41, 5.74) is 2.82. The molecule has 0 spiro atoms. The Balaban J connectivity index is 2.17. The lowest BCUT2D eigenvalue weighted by Gasteiger charge is -2.11. The molecule has 2 N–H and O–H groups in total. The Morgan fingerprint density at radius 3 is 2.75 bits per heavy atom. The molecule has 0 atom stereocenters. The van der Waals surface area contributed by atoms with Crippen molar-refractivity contribution in [2.75, 3.05) is 11.9 Å². The first kappa shape index (κ1) is 15.0. The zero-order valence-electron chi connectivity index (χ0n) is 11.5. The molecule has 0 bridgehead atoms. The lowest BCUT2D eigenvalue weighted by Crippen LogP contribution is -2.16. The minimum Gasteiger partial charge on any atom is -0.321 e. The number of halogens is 1. The van der Waals surface area contributed by atoms with E-state index in [2.05, 4.69) is 17.6 Å². The molecule has 106 valence electrons. The summed E-state index contributed by atoms with van der Waals surface area (Å²) < 4.78 is 0. The van der Waals surface area contributed by atoms with E-state index in [9.17, 15) is 4.79 Å². The number of para-hydroxylation sites is 1. The highest BCUT2D eigenvalue weighted by Gasteiger charge is 2.15. The second-order valence-electron chi connectivity index (χ2n) is 4.45. The summed E-state index contributed by atoms with van der Waals surface area (Å²) in [5, 5.41) is 8.62. The van der Waals surface area contributed by atoms with E-state index in [0.717, 1.165) is 29.9 Å². The predicted octanol–water partition coefficient (Wildman–Crippen LogP) is 4.07. The van der Waals surface area contributed by atoms with Gasteiger partial charge in [-0.05, 0) is 36.0 Å². The highest BCUT2D eigenvalue weighted by Crippen LogP contribution is 2.28. The molecule has 5 heteroatoms. The van der Waals surface area contributed by atoms with Crippen LogP contribution in [0.4, 0.5) is 5.69 Å². The van der Waals surface area contributed by atoms with Gasteiger partial charge in [-0.1, -0.05) is 36.7 Å². The predicted molar refractivity (Wildman–Crippen MR) is 85.8 cm³/mol. The molecule has 1 heterocycles. The second-order valence-corrected chi connectivity index (χ2v) is 5.71. The zero-order chi connectivity index (χ0) is 14.5. The van der Waals surface area contributed by atoms with Crippen LogP contribution >= 0.6 is 22.9 Å². The highest BCUT2D eigenvalue weighted by molar-refractivity contribution is 7.13. The quantitative estimate of drug-likeness (QED) is 0.874. The first-order valence-electron chi connectivity index (χ1n) is 6.47. The van der Waals surface area contributed by atoms with Crippen molar-refractivity contribution >= 4 is 34.5 Å². The van der Waals surface area contributed by atoms with E-state index in [0.29, 0.717) is 9.90 Å². The SMILES string of the molecule is CCNCc1ccccc1NC(=O)c1scc(C)c1Cl. The summed E-state index contributed by atoms with van der Waals surface area (Å²) in [4.78, 5) is 12.8. The number of rotatable bonds is 5. The van der Waals surface area contributed by atoms with Gasteiger partial charge < -0.3 is 10.6 Å². The van der Waals surface area contributed by atoms with Crippen LogP contribution in [-0.4, -0.2) is 12.5 Å². The third kappa shape index (κ3) is 3.39. The monoisotopic (exact) mass is 308 g/mol. The third-order valence-corrected chi connectivity index (χ3v) is 4.63. The van der Waals surface area contributed by atoms with Gasteiger partial charge in [0.25, 0.3) is 5.91 Å². The lowest BCUT2D eigenvalue weighted by molar-refractivity contribution is 0.103. The number of carbonyl (C=O) groups excluding carboxylic acids is 1. The molecule has 0 aliphatic heterocycles. The summed E-state index contributed by atoms with van der Waals surface area (Å²) in [7, 11) is 0. The topological polar surface area (TPSA) is 41.1 Å². The average Bonchev–Trinajstić information content (AvgIpc) is 2.78. The van der Waals surface area contributed by atoms with Crippen LogP contribution in [0, 0.1) is 6.92 Å². The molecule has 1 amide bonds. The maximum Gasteiger partial charge on any atom is 0.267 e. The summed E-state index contributed by atoms with van der Waals surface area (Å²) in [6.07, 6.45) is 0. The van der Waals surface area contributed by atoms with Crippen LogP contribution < -0.4 is 10.6 Å². The largest absolute Gasteiger partial charge is 0.321 e. The van der Waals surface area contributed by atoms with Crippen LogP contribution in [-0.2, 0) is 6.54 Å². The normalized spacial score (nSPS) is 10.6. The molecule has 1 aromatic carbocycles. The van der Waals surface area contributed by atoms with Gasteiger partial charge in [-0.2, -0.15) is 0 Å². The number of thiophene rings is 1. The standard InChI is InChI=1S/C15H17ClN2OS/c1-3-17-8-11-6-4-5-7-12(11)18-15(19)14-13(16)10(2)9-20-14/h4-7,9,17H,3,8H2,1-2H3,(H,18,19). The van der Waals surface area contributed by atoms with Crippen LogP contribution in [0.1, 0.15) is 27.7 Å². The van der Waals surface area contributed by atoms with Crippen LogP contribution in [0.5, 0.6) is 0 Å². The van der Waals surface area contributed by atoms with Crippen LogP contribution in [0.15, 0.2) is 29.6 Å². The molecule has 0 fully saturated rings. The minimum atomic E-state index is -0.156. The summed E-state index contributed by atoms with van der Waals surface area (Å²) in [6, 6.07) is 7.77. The fourth-order valence-electron chi connectivity index (χ4n) is 1.82. The molecule has 0 aliphatic rings. The molecule has 0 radical (unpaired) electrons. The third-order valence-electron chi connectivity index (χ3n) is 2.94. The second kappa shape index (κ2) is 6.88. The van der Waals surface area contributed by atoms with Crippen molar-refractivity contribution in [2.45, 2.75) is 20.4 Å². The van der Waals surface area contributed by atoms with Crippen molar-refractivity contribution in [3.05, 3.63) is 50.7 Å². The Hall–Kier alpha value is -1.36. The summed E-state index contributed by atoms with van der Waals surface area (Å²) in [6.45, 7) is 5.56. The fraction of sp³-hybridized carbons (Fsp3) is 0.267. The number of benzene rings is 1. The van der Waals surface area contributed by atoms with Crippen LogP contribution in [0.3, 0.4) is 0 Å². The van der Waals surface area contributed by atoms with Gasteiger partial charge in [-0.25, -0.2) is 0 Å². The Labute approximate surface area is 128 Å². The fourth-order valence-corrected chi connectivity index (χ4v) is 2.99. The van der Waals surface area contributed by atoms with Crippen LogP contribution in [0.25, 0.3) is 0 Å². The highest BCUT2D eigenvalue weighted by atomic mass is 35.5. The molecule has 0 saturated carbocycles. The molecule has 0 unspecified atom stereocenters. The smallest absolute Gasteiger partial charge is 0.267 e. The van der Waals surface area contributed by atoms with Gasteiger partial charge in [0, 0.05) is 12.2 Å². The number of hydrogen-bond donors (Lipinski definition) is 2. The van der Waals surface area contributed by atoms with Gasteiger partial charge in [0.2, 0.25) is 0 Å². The number of hydrogen-bond acceptors (Lipinski definition) is 3. The van der Waals surface area contributed by atoms with Crippen molar-refractivity contribution < 1.29 is 4.79 Å². The van der Waals surface area contributed by atoms with E-state index in [4.69, 9.17) is 11.6 Å². The number of carbonyl (C=O) groups is 1. The van der Waals surface area contributed by atoms with Gasteiger partial charge in [-0.3, -0.25) is 4.79 Å². The molecule has 2 rings (SSSR count). The van der Waals surface area contributed by atoms with Crippen molar-refractivity contribution in [3.63, 3.8) is 0 Å². The number of aryl methyl sites for hydroxylation is 1. The molecule has 0 saturated heterocycles. The maximum absolute atomic E-state index is 12.3. The Kier molecular flexibility index (Phi) is 5.17. The summed E-state index contributed by atoms with van der Waals surface area (Å²) in [5.74, 6) is -0.156. The van der Waals surface area contributed by atoms with Gasteiger partial charge in [0.15, 0.2) is 0 Å². The number of nitrogens with one attached hydrogen (secondary N) is 2. The van der Waals surface area contributed by atoms with Crippen molar-refractivity contribution in [1.29, 1.82) is 0 Å². The van der Waals surface area contributed by atoms with E-state index in [1.165, 1.54) is 11.3 Å². The van der Waals surface area contributed by atoms with Gasteiger partial charge in [0.05, 0.1) is 5.02 Å². The van der Waals surface area contributed by atoms with E-state index in [1.807, 2.05) is 36.6 Å². The zero-order valence-corrected chi connectivity index (χ0v) is 13.1. The van der Waals surface area contributed by atoms with Gasteiger partial charge in [-0.15, -0.1) is 11.3 Å². The Morgan fingerprint density at radius 2 is 2.10 bits per heavy atom. The first-order valence-corrected chi connectivity index (χ1v) is 7.72. The minimum absolute atomic E-state index is 0.156. The first-order chi connectivity index (χ1) is 9.63. The Bertz CT molecular complexity index is 610. The van der Waals surface area contributed by atoms with Gasteiger partial charge >= 0.3 is 0 Å². The van der Waals surface area contributed by atoms with E-state index in [1.54, 1.807) is 0 Å². The van der Waals surface area contributed by atoms with Crippen LogP contribution in [0.2, 0.25) is 5.02 Å². The number of amides is 1. The molecular weight excluding hydrogens is 292 g/mol. The molecule has 2 aromatic rings.